The fourth-order valence-electron chi connectivity index (χ4n) is 1.59. The quantitative estimate of drug-likeness (QED) is 0.807. The lowest BCUT2D eigenvalue weighted by atomic mass is 10.2. The van der Waals surface area contributed by atoms with E-state index in [-0.39, 0.29) is 6.10 Å². The first-order valence-corrected chi connectivity index (χ1v) is 5.43. The van der Waals surface area contributed by atoms with Gasteiger partial charge in [0.2, 0.25) is 0 Å². The van der Waals surface area contributed by atoms with Crippen molar-refractivity contribution in [1.82, 2.24) is 0 Å². The molecule has 4 heteroatoms. The van der Waals surface area contributed by atoms with Crippen LogP contribution in [0.2, 0.25) is 5.02 Å². The molecule has 1 saturated heterocycles. The molecule has 1 aliphatic rings. The third-order valence-electron chi connectivity index (χ3n) is 2.40. The van der Waals surface area contributed by atoms with Crippen molar-refractivity contribution in [1.29, 1.82) is 0 Å². The van der Waals surface area contributed by atoms with Gasteiger partial charge in [0.15, 0.2) is 0 Å². The van der Waals surface area contributed by atoms with E-state index in [4.69, 9.17) is 26.8 Å². The lowest BCUT2D eigenvalue weighted by Crippen LogP contribution is -2.16. The zero-order chi connectivity index (χ0) is 10.7. The second kappa shape index (κ2) is 4.73. The molecule has 1 aromatic rings. The molecule has 3 nitrogen and oxygen atoms in total. The Hall–Kier alpha value is -0.930. The van der Waals surface area contributed by atoms with E-state index in [1.165, 1.54) is 0 Å². The highest BCUT2D eigenvalue weighted by Crippen LogP contribution is 2.27. The lowest BCUT2D eigenvalue weighted by molar-refractivity contribution is 0.0680. The molecular formula is C11H14ClNO2. The van der Waals surface area contributed by atoms with E-state index in [1.54, 1.807) is 18.2 Å². The van der Waals surface area contributed by atoms with Gasteiger partial charge in [0.1, 0.15) is 12.4 Å². The van der Waals surface area contributed by atoms with Crippen LogP contribution in [-0.4, -0.2) is 19.3 Å². The number of nitrogen functional groups attached to an aromatic ring is 1. The van der Waals surface area contributed by atoms with Crippen LogP contribution in [0, 0.1) is 0 Å². The highest BCUT2D eigenvalue weighted by molar-refractivity contribution is 6.32. The summed E-state index contributed by atoms with van der Waals surface area (Å²) in [5, 5.41) is 0.549. The second-order valence-corrected chi connectivity index (χ2v) is 4.04. The summed E-state index contributed by atoms with van der Waals surface area (Å²) in [6.45, 7) is 1.40. The maximum atomic E-state index is 5.97. The average Bonchev–Trinajstić information content (AvgIpc) is 2.69. The Morgan fingerprint density at radius 2 is 2.40 bits per heavy atom. The molecule has 1 aromatic carbocycles. The van der Waals surface area contributed by atoms with Crippen LogP contribution in [0.5, 0.6) is 5.75 Å². The van der Waals surface area contributed by atoms with E-state index in [0.717, 1.165) is 19.4 Å². The Balaban J connectivity index is 1.92. The summed E-state index contributed by atoms with van der Waals surface area (Å²) in [4.78, 5) is 0. The molecule has 0 radical (unpaired) electrons. The number of anilines is 1. The molecule has 2 rings (SSSR count). The summed E-state index contributed by atoms with van der Waals surface area (Å²) in [7, 11) is 0. The zero-order valence-electron chi connectivity index (χ0n) is 8.41. The first kappa shape index (κ1) is 10.6. The third-order valence-corrected chi connectivity index (χ3v) is 2.70. The highest BCUT2D eigenvalue weighted by Gasteiger charge is 2.16. The number of ether oxygens (including phenoxy) is 2. The Morgan fingerprint density at radius 1 is 1.53 bits per heavy atom. The lowest BCUT2D eigenvalue weighted by Gasteiger charge is -2.12. The van der Waals surface area contributed by atoms with Gasteiger partial charge in [-0.15, -0.1) is 0 Å². The van der Waals surface area contributed by atoms with Gasteiger partial charge < -0.3 is 15.2 Å². The molecule has 2 N–H and O–H groups in total. The summed E-state index contributed by atoms with van der Waals surface area (Å²) in [6.07, 6.45) is 2.38. The molecule has 0 unspecified atom stereocenters. The maximum absolute atomic E-state index is 5.97. The van der Waals surface area contributed by atoms with E-state index in [0.29, 0.717) is 23.1 Å². The molecule has 1 fully saturated rings. The Kier molecular flexibility index (Phi) is 3.34. The van der Waals surface area contributed by atoms with Gasteiger partial charge in [0.25, 0.3) is 0 Å². The monoisotopic (exact) mass is 227 g/mol. The topological polar surface area (TPSA) is 44.5 Å². The van der Waals surface area contributed by atoms with Crippen molar-refractivity contribution in [2.75, 3.05) is 18.9 Å². The molecular weight excluding hydrogens is 214 g/mol. The van der Waals surface area contributed by atoms with E-state index in [1.807, 2.05) is 0 Å². The Labute approximate surface area is 94.1 Å². The highest BCUT2D eigenvalue weighted by atomic mass is 35.5. The first-order chi connectivity index (χ1) is 7.25. The largest absolute Gasteiger partial charge is 0.489 e. The molecule has 1 atom stereocenters. The van der Waals surface area contributed by atoms with Gasteiger partial charge in [-0.05, 0) is 31.0 Å². The van der Waals surface area contributed by atoms with Crippen LogP contribution in [0.15, 0.2) is 18.2 Å². The Morgan fingerprint density at radius 3 is 3.07 bits per heavy atom. The van der Waals surface area contributed by atoms with Crippen LogP contribution >= 0.6 is 11.6 Å². The van der Waals surface area contributed by atoms with Crippen LogP contribution in [0.1, 0.15) is 12.8 Å². The molecule has 0 spiro atoms. The van der Waals surface area contributed by atoms with Gasteiger partial charge >= 0.3 is 0 Å². The molecule has 1 aliphatic heterocycles. The van der Waals surface area contributed by atoms with Gasteiger partial charge in [-0.2, -0.15) is 0 Å². The zero-order valence-corrected chi connectivity index (χ0v) is 9.17. The first-order valence-electron chi connectivity index (χ1n) is 5.05. The van der Waals surface area contributed by atoms with Gasteiger partial charge in [-0.1, -0.05) is 11.6 Å². The summed E-state index contributed by atoms with van der Waals surface area (Å²) >= 11 is 5.97. The predicted octanol–water partition coefficient (Wildman–Crippen LogP) is 2.48. The molecule has 15 heavy (non-hydrogen) atoms. The van der Waals surface area contributed by atoms with E-state index >= 15 is 0 Å². The van der Waals surface area contributed by atoms with Gasteiger partial charge in [0, 0.05) is 12.3 Å². The second-order valence-electron chi connectivity index (χ2n) is 3.64. The van der Waals surface area contributed by atoms with E-state index < -0.39 is 0 Å². The molecule has 0 bridgehead atoms. The van der Waals surface area contributed by atoms with E-state index in [9.17, 15) is 0 Å². The smallest absolute Gasteiger partial charge is 0.138 e. The molecule has 1 heterocycles. The number of nitrogens with two attached hydrogens (primary N) is 1. The molecule has 82 valence electrons. The van der Waals surface area contributed by atoms with Gasteiger partial charge in [-0.25, -0.2) is 0 Å². The fraction of sp³-hybridized carbons (Fsp3) is 0.455. The van der Waals surface area contributed by atoms with Gasteiger partial charge in [0.05, 0.1) is 11.1 Å². The average molecular weight is 228 g/mol. The van der Waals surface area contributed by atoms with Crippen LogP contribution in [0.3, 0.4) is 0 Å². The number of hydrogen-bond acceptors (Lipinski definition) is 3. The van der Waals surface area contributed by atoms with Crippen LogP contribution < -0.4 is 10.5 Å². The van der Waals surface area contributed by atoms with Crippen molar-refractivity contribution in [3.05, 3.63) is 23.2 Å². The number of rotatable bonds is 3. The number of hydrogen-bond donors (Lipinski definition) is 1. The van der Waals surface area contributed by atoms with Crippen molar-refractivity contribution in [3.8, 4) is 5.75 Å². The van der Waals surface area contributed by atoms with Crippen molar-refractivity contribution < 1.29 is 9.47 Å². The minimum absolute atomic E-state index is 0.207. The summed E-state index contributed by atoms with van der Waals surface area (Å²) < 4.78 is 11.0. The van der Waals surface area contributed by atoms with Crippen molar-refractivity contribution in [2.45, 2.75) is 18.9 Å². The number of benzene rings is 1. The van der Waals surface area contributed by atoms with Crippen LogP contribution in [0.25, 0.3) is 0 Å². The predicted molar refractivity (Wildman–Crippen MR) is 60.3 cm³/mol. The summed E-state index contributed by atoms with van der Waals surface area (Å²) in [6, 6.07) is 5.25. The van der Waals surface area contributed by atoms with Crippen molar-refractivity contribution in [3.63, 3.8) is 0 Å². The molecule has 0 amide bonds. The molecule has 0 saturated carbocycles. The van der Waals surface area contributed by atoms with Crippen LogP contribution in [-0.2, 0) is 4.74 Å². The maximum Gasteiger partial charge on any atom is 0.138 e. The normalized spacial score (nSPS) is 20.5. The van der Waals surface area contributed by atoms with Gasteiger partial charge in [-0.3, -0.25) is 0 Å². The van der Waals surface area contributed by atoms with Crippen LogP contribution in [0.4, 0.5) is 5.69 Å². The summed E-state index contributed by atoms with van der Waals surface area (Å²) in [5.74, 6) is 0.668. The fourth-order valence-corrected chi connectivity index (χ4v) is 1.84. The third kappa shape index (κ3) is 2.76. The minimum atomic E-state index is 0.207. The SMILES string of the molecule is Nc1ccc(OC[C@H]2CCCO2)c(Cl)c1. The Bertz CT molecular complexity index is 337. The van der Waals surface area contributed by atoms with Crippen molar-refractivity contribution in [2.24, 2.45) is 0 Å². The van der Waals surface area contributed by atoms with E-state index in [2.05, 4.69) is 0 Å². The molecule has 0 aliphatic carbocycles. The van der Waals surface area contributed by atoms with Crippen molar-refractivity contribution >= 4 is 17.3 Å². The summed E-state index contributed by atoms with van der Waals surface area (Å²) in [5.41, 5.74) is 6.22. The standard InChI is InChI=1S/C11H14ClNO2/c12-10-6-8(13)3-4-11(10)15-7-9-2-1-5-14-9/h3-4,6,9H,1-2,5,7,13H2/t9-/m1/s1. The minimum Gasteiger partial charge on any atom is -0.489 e. The number of halogens is 1. The molecule has 0 aromatic heterocycles.